The van der Waals surface area contributed by atoms with E-state index in [4.69, 9.17) is 5.11 Å². The zero-order valence-corrected chi connectivity index (χ0v) is 11.1. The molecule has 0 saturated carbocycles. The summed E-state index contributed by atoms with van der Waals surface area (Å²) in [5.41, 5.74) is 0.531. The van der Waals surface area contributed by atoms with Crippen molar-refractivity contribution in [3.8, 4) is 0 Å². The van der Waals surface area contributed by atoms with E-state index in [2.05, 4.69) is 5.32 Å². The lowest BCUT2D eigenvalue weighted by molar-refractivity contribution is -0.384. The highest BCUT2D eigenvalue weighted by Gasteiger charge is 2.21. The molecule has 0 aliphatic carbocycles. The molecule has 0 aliphatic rings. The molecule has 1 unspecified atom stereocenters. The summed E-state index contributed by atoms with van der Waals surface area (Å²) in [7, 11) is 3.13. The third kappa shape index (κ3) is 3.19. The normalized spacial score (nSPS) is 11.8. The van der Waals surface area contributed by atoms with Crippen molar-refractivity contribution in [2.75, 3.05) is 25.6 Å². The van der Waals surface area contributed by atoms with Crippen LogP contribution in [0.25, 0.3) is 0 Å². The third-order valence-corrected chi connectivity index (χ3v) is 2.97. The molecule has 0 heterocycles. The molecule has 19 heavy (non-hydrogen) atoms. The maximum Gasteiger partial charge on any atom is 0.292 e. The lowest BCUT2D eigenvalue weighted by Crippen LogP contribution is -2.32. The van der Waals surface area contributed by atoms with Gasteiger partial charge in [-0.15, -0.1) is 0 Å². The topological polar surface area (TPSA) is 95.7 Å². The fourth-order valence-electron chi connectivity index (χ4n) is 1.61. The number of nitrogens with one attached hydrogen (secondary N) is 1. The molecule has 0 radical (unpaired) electrons. The van der Waals surface area contributed by atoms with Crippen LogP contribution in [-0.2, 0) is 0 Å². The molecule has 0 aliphatic heterocycles. The Hall–Kier alpha value is -2.15. The zero-order chi connectivity index (χ0) is 14.6. The Bertz CT molecular complexity index is 490. The Balaban J connectivity index is 3.30. The first-order valence-electron chi connectivity index (χ1n) is 5.76. The first-order chi connectivity index (χ1) is 8.92. The van der Waals surface area contributed by atoms with Crippen molar-refractivity contribution in [1.82, 2.24) is 5.32 Å². The molecule has 1 amide bonds. The average Bonchev–Trinajstić information content (AvgIpc) is 2.43. The molecule has 7 heteroatoms. The van der Waals surface area contributed by atoms with Gasteiger partial charge in [-0.25, -0.2) is 0 Å². The maximum atomic E-state index is 11.6. The second-order valence-electron chi connectivity index (χ2n) is 4.18. The van der Waals surface area contributed by atoms with Crippen molar-refractivity contribution in [2.45, 2.75) is 13.0 Å². The van der Waals surface area contributed by atoms with E-state index in [1.54, 1.807) is 18.9 Å². The van der Waals surface area contributed by atoms with Crippen LogP contribution in [0.2, 0.25) is 0 Å². The van der Waals surface area contributed by atoms with E-state index in [9.17, 15) is 14.9 Å². The van der Waals surface area contributed by atoms with Gasteiger partial charge in [0.2, 0.25) is 0 Å². The van der Waals surface area contributed by atoms with Crippen molar-refractivity contribution in [3.05, 3.63) is 33.9 Å². The summed E-state index contributed by atoms with van der Waals surface area (Å²) >= 11 is 0. The first kappa shape index (κ1) is 14.9. The molecule has 1 aromatic rings. The number of aliphatic hydroxyl groups excluding tert-OH is 1. The van der Waals surface area contributed by atoms with Crippen LogP contribution in [0.5, 0.6) is 0 Å². The van der Waals surface area contributed by atoms with Gasteiger partial charge in [-0.1, -0.05) is 0 Å². The van der Waals surface area contributed by atoms with Gasteiger partial charge < -0.3 is 15.3 Å². The number of hydrogen-bond acceptors (Lipinski definition) is 5. The predicted molar refractivity (Wildman–Crippen MR) is 71.4 cm³/mol. The van der Waals surface area contributed by atoms with Gasteiger partial charge in [-0.05, 0) is 19.1 Å². The number of nitro groups is 1. The van der Waals surface area contributed by atoms with Crippen molar-refractivity contribution in [3.63, 3.8) is 0 Å². The van der Waals surface area contributed by atoms with Crippen LogP contribution in [0.1, 0.15) is 17.3 Å². The van der Waals surface area contributed by atoms with Gasteiger partial charge in [0.1, 0.15) is 5.69 Å². The van der Waals surface area contributed by atoms with Crippen molar-refractivity contribution >= 4 is 17.3 Å². The van der Waals surface area contributed by atoms with Crippen molar-refractivity contribution in [2.24, 2.45) is 0 Å². The summed E-state index contributed by atoms with van der Waals surface area (Å²) < 4.78 is 0. The minimum atomic E-state index is -0.510. The van der Waals surface area contributed by atoms with Crippen LogP contribution < -0.4 is 10.2 Å². The van der Waals surface area contributed by atoms with Crippen molar-refractivity contribution < 1.29 is 14.8 Å². The first-order valence-corrected chi connectivity index (χ1v) is 5.76. The lowest BCUT2D eigenvalue weighted by Gasteiger charge is -2.25. The van der Waals surface area contributed by atoms with Gasteiger partial charge >= 0.3 is 0 Å². The van der Waals surface area contributed by atoms with Crippen LogP contribution in [0.3, 0.4) is 0 Å². The van der Waals surface area contributed by atoms with Crippen LogP contribution in [0, 0.1) is 10.1 Å². The summed E-state index contributed by atoms with van der Waals surface area (Å²) in [6.45, 7) is 1.59. The summed E-state index contributed by atoms with van der Waals surface area (Å²) in [5, 5.41) is 22.6. The van der Waals surface area contributed by atoms with Crippen LogP contribution >= 0.6 is 0 Å². The Morgan fingerprint density at radius 3 is 2.68 bits per heavy atom. The van der Waals surface area contributed by atoms with Gasteiger partial charge in [0.25, 0.3) is 11.6 Å². The van der Waals surface area contributed by atoms with Gasteiger partial charge in [-0.2, -0.15) is 0 Å². The molecular weight excluding hydrogens is 250 g/mol. The highest BCUT2D eigenvalue weighted by atomic mass is 16.6. The number of nitro benzene ring substituents is 1. The predicted octanol–water partition coefficient (Wildman–Crippen LogP) is 0.771. The largest absolute Gasteiger partial charge is 0.394 e. The van der Waals surface area contributed by atoms with Gasteiger partial charge in [0, 0.05) is 31.8 Å². The quantitative estimate of drug-likeness (QED) is 0.607. The average molecular weight is 267 g/mol. The summed E-state index contributed by atoms with van der Waals surface area (Å²) in [4.78, 5) is 23.6. The standard InChI is InChI=1S/C12H17N3O4/c1-8(7-16)14(3)11-6-9(12(17)13-2)4-5-10(11)15(18)19/h4-6,8,16H,7H2,1-3H3,(H,13,17). The zero-order valence-electron chi connectivity index (χ0n) is 11.1. The summed E-state index contributed by atoms with van der Waals surface area (Å²) in [6, 6.07) is 3.85. The maximum absolute atomic E-state index is 11.6. The van der Waals surface area contributed by atoms with Crippen LogP contribution in [0.4, 0.5) is 11.4 Å². The third-order valence-electron chi connectivity index (χ3n) is 2.97. The van der Waals surface area contributed by atoms with E-state index >= 15 is 0 Å². The number of anilines is 1. The highest BCUT2D eigenvalue weighted by molar-refractivity contribution is 5.95. The molecule has 0 fully saturated rings. The number of amides is 1. The number of benzene rings is 1. The molecule has 0 aromatic heterocycles. The lowest BCUT2D eigenvalue weighted by atomic mass is 10.1. The molecule has 2 N–H and O–H groups in total. The Morgan fingerprint density at radius 2 is 2.21 bits per heavy atom. The van der Waals surface area contributed by atoms with E-state index in [0.717, 1.165) is 0 Å². The smallest absolute Gasteiger partial charge is 0.292 e. The molecule has 0 spiro atoms. The summed E-state index contributed by atoms with van der Waals surface area (Å²) in [6.07, 6.45) is 0. The number of aliphatic hydroxyl groups is 1. The van der Waals surface area contributed by atoms with E-state index in [1.807, 2.05) is 0 Å². The number of hydrogen-bond donors (Lipinski definition) is 2. The van der Waals surface area contributed by atoms with E-state index in [1.165, 1.54) is 25.2 Å². The number of carbonyl (C=O) groups is 1. The van der Waals surface area contributed by atoms with E-state index < -0.39 is 4.92 Å². The second-order valence-corrected chi connectivity index (χ2v) is 4.18. The van der Waals surface area contributed by atoms with Gasteiger partial charge in [0.05, 0.1) is 11.5 Å². The van der Waals surface area contributed by atoms with Crippen LogP contribution in [-0.4, -0.2) is 42.7 Å². The van der Waals surface area contributed by atoms with Crippen molar-refractivity contribution in [1.29, 1.82) is 0 Å². The minimum absolute atomic E-state index is 0.101. The number of carbonyl (C=O) groups excluding carboxylic acids is 1. The molecule has 104 valence electrons. The minimum Gasteiger partial charge on any atom is -0.394 e. The molecule has 1 rings (SSSR count). The molecule has 1 atom stereocenters. The fraction of sp³-hybridized carbons (Fsp3) is 0.417. The van der Waals surface area contributed by atoms with E-state index in [0.29, 0.717) is 11.3 Å². The Kier molecular flexibility index (Phi) is 4.82. The number of rotatable bonds is 5. The van der Waals surface area contributed by atoms with Gasteiger partial charge in [-0.3, -0.25) is 14.9 Å². The molecule has 0 saturated heterocycles. The highest BCUT2D eigenvalue weighted by Crippen LogP contribution is 2.29. The molecule has 7 nitrogen and oxygen atoms in total. The fourth-order valence-corrected chi connectivity index (χ4v) is 1.61. The van der Waals surface area contributed by atoms with Crippen LogP contribution in [0.15, 0.2) is 18.2 Å². The van der Waals surface area contributed by atoms with E-state index in [-0.39, 0.29) is 24.2 Å². The summed E-state index contributed by atoms with van der Waals surface area (Å²) in [5.74, 6) is -0.318. The monoisotopic (exact) mass is 267 g/mol. The Morgan fingerprint density at radius 1 is 1.58 bits per heavy atom. The molecular formula is C12H17N3O4. The Labute approximate surface area is 111 Å². The number of likely N-dealkylation sites (N-methyl/N-ethyl adjacent to an activating group) is 1. The second kappa shape index (κ2) is 6.14. The molecule has 1 aromatic carbocycles. The SMILES string of the molecule is CNC(=O)c1ccc([N+](=O)[O-])c(N(C)C(C)CO)c1. The van der Waals surface area contributed by atoms with Gasteiger partial charge in [0.15, 0.2) is 0 Å². The number of nitrogens with zero attached hydrogens (tertiary/aromatic N) is 2. The molecule has 0 bridgehead atoms.